The molecule has 0 heterocycles. The Morgan fingerprint density at radius 1 is 0.880 bits per heavy atom. The largest absolute Gasteiger partial charge is 0.481 e. The van der Waals surface area contributed by atoms with Gasteiger partial charge in [-0.3, -0.25) is 4.79 Å². The fourth-order valence-corrected chi connectivity index (χ4v) is 2.88. The number of carbonyl (C=O) groups is 1. The molecule has 5 heteroatoms. The second kappa shape index (κ2) is 15.3. The first kappa shape index (κ1) is 24.0. The Labute approximate surface area is 150 Å². The predicted octanol–water partition coefficient (Wildman–Crippen LogP) is 7.29. The zero-order valence-electron chi connectivity index (χ0n) is 15.6. The van der Waals surface area contributed by atoms with Gasteiger partial charge in [-0.15, -0.1) is 0 Å². The molecule has 0 saturated heterocycles. The third-order valence-corrected chi connectivity index (χ3v) is 4.39. The van der Waals surface area contributed by atoms with E-state index < -0.39 is 24.5 Å². The molecule has 0 aromatic rings. The highest BCUT2D eigenvalue weighted by Crippen LogP contribution is 2.28. The minimum absolute atomic E-state index is 0.114. The molecule has 0 aliphatic heterocycles. The molecule has 0 saturated carbocycles. The molecule has 0 aromatic carbocycles. The molecule has 0 bridgehead atoms. The number of aliphatic carboxylic acids is 1. The third-order valence-electron chi connectivity index (χ3n) is 4.39. The molecule has 2 nitrogen and oxygen atoms in total. The summed E-state index contributed by atoms with van der Waals surface area (Å²) in [6, 6.07) is 0. The van der Waals surface area contributed by atoms with Crippen molar-refractivity contribution in [1.29, 1.82) is 0 Å². The lowest BCUT2D eigenvalue weighted by molar-refractivity contribution is -0.164. The molecule has 0 amide bonds. The maximum absolute atomic E-state index is 12.3. The van der Waals surface area contributed by atoms with Crippen molar-refractivity contribution in [1.82, 2.24) is 0 Å². The van der Waals surface area contributed by atoms with Gasteiger partial charge in [0.2, 0.25) is 0 Å². The summed E-state index contributed by atoms with van der Waals surface area (Å²) in [5.74, 6) is -2.63. The molecule has 0 aromatic heterocycles. The van der Waals surface area contributed by atoms with Crippen LogP contribution in [0.4, 0.5) is 13.2 Å². The minimum atomic E-state index is -4.40. The SMILES string of the molecule is CCCCCCCCC=CCCCCCCC(CC(F)(F)F)C(=O)O. The lowest BCUT2D eigenvalue weighted by Gasteiger charge is -2.14. The van der Waals surface area contributed by atoms with Crippen LogP contribution in [0.1, 0.15) is 96.8 Å². The van der Waals surface area contributed by atoms with Gasteiger partial charge in [0.1, 0.15) is 0 Å². The zero-order chi connectivity index (χ0) is 19.0. The average molecular weight is 364 g/mol. The van der Waals surface area contributed by atoms with Crippen LogP contribution in [0.3, 0.4) is 0 Å². The van der Waals surface area contributed by atoms with Crippen LogP contribution in [0, 0.1) is 5.92 Å². The summed E-state index contributed by atoms with van der Waals surface area (Å²) in [5, 5.41) is 8.83. The monoisotopic (exact) mass is 364 g/mol. The Morgan fingerprint density at radius 2 is 1.36 bits per heavy atom. The first-order valence-electron chi connectivity index (χ1n) is 9.81. The summed E-state index contributed by atoms with van der Waals surface area (Å²) in [5.41, 5.74) is 0. The molecule has 0 fully saturated rings. The van der Waals surface area contributed by atoms with Crippen molar-refractivity contribution >= 4 is 5.97 Å². The summed E-state index contributed by atoms with van der Waals surface area (Å²) < 4.78 is 36.8. The molecule has 0 rings (SSSR count). The van der Waals surface area contributed by atoms with E-state index in [1.54, 1.807) is 0 Å². The van der Waals surface area contributed by atoms with Gasteiger partial charge >= 0.3 is 12.1 Å². The normalized spacial score (nSPS) is 13.4. The highest BCUT2D eigenvalue weighted by Gasteiger charge is 2.34. The average Bonchev–Trinajstić information content (AvgIpc) is 2.52. The van der Waals surface area contributed by atoms with Crippen molar-refractivity contribution in [3.63, 3.8) is 0 Å². The summed E-state index contributed by atoms with van der Waals surface area (Å²) in [6.45, 7) is 2.22. The first-order valence-corrected chi connectivity index (χ1v) is 9.81. The topological polar surface area (TPSA) is 37.3 Å². The van der Waals surface area contributed by atoms with Crippen LogP contribution in [0.2, 0.25) is 0 Å². The number of allylic oxidation sites excluding steroid dienone is 2. The Morgan fingerprint density at radius 3 is 1.84 bits per heavy atom. The van der Waals surface area contributed by atoms with Gasteiger partial charge in [0.05, 0.1) is 12.3 Å². The number of hydrogen-bond donors (Lipinski definition) is 1. The smallest absolute Gasteiger partial charge is 0.389 e. The van der Waals surface area contributed by atoms with Gasteiger partial charge < -0.3 is 5.11 Å². The van der Waals surface area contributed by atoms with Gasteiger partial charge in [-0.1, -0.05) is 70.4 Å². The Kier molecular flexibility index (Phi) is 14.7. The van der Waals surface area contributed by atoms with Crippen LogP contribution in [-0.4, -0.2) is 17.3 Å². The molecule has 0 aliphatic rings. The minimum Gasteiger partial charge on any atom is -0.481 e. The van der Waals surface area contributed by atoms with Gasteiger partial charge in [-0.25, -0.2) is 0 Å². The number of alkyl halides is 3. The number of unbranched alkanes of at least 4 members (excludes halogenated alkanes) is 10. The summed E-state index contributed by atoms with van der Waals surface area (Å²) >= 11 is 0. The third kappa shape index (κ3) is 17.6. The standard InChI is InChI=1S/C20H35F3O2/c1-2-3-4-5-6-7-8-9-10-11-12-13-14-15-16-18(19(24)25)17-20(21,22)23/h9-10,18H,2-8,11-17H2,1H3,(H,24,25). The van der Waals surface area contributed by atoms with E-state index in [-0.39, 0.29) is 6.42 Å². The van der Waals surface area contributed by atoms with Crippen LogP contribution < -0.4 is 0 Å². The number of hydrogen-bond acceptors (Lipinski definition) is 1. The van der Waals surface area contributed by atoms with Crippen LogP contribution in [0.25, 0.3) is 0 Å². The molecule has 1 N–H and O–H groups in total. The van der Waals surface area contributed by atoms with E-state index in [0.717, 1.165) is 32.1 Å². The maximum atomic E-state index is 12.3. The fourth-order valence-electron chi connectivity index (χ4n) is 2.88. The van der Waals surface area contributed by atoms with Crippen LogP contribution in [0.5, 0.6) is 0 Å². The number of carboxylic acid groups (broad SMARTS) is 1. The van der Waals surface area contributed by atoms with Crippen molar-refractivity contribution in [2.45, 2.75) is 103 Å². The van der Waals surface area contributed by atoms with Crippen molar-refractivity contribution in [3.8, 4) is 0 Å². The van der Waals surface area contributed by atoms with Gasteiger partial charge in [0.15, 0.2) is 0 Å². The molecular weight excluding hydrogens is 329 g/mol. The molecule has 1 unspecified atom stereocenters. The van der Waals surface area contributed by atoms with Crippen LogP contribution in [-0.2, 0) is 4.79 Å². The molecule has 0 aliphatic carbocycles. The molecular formula is C20H35F3O2. The van der Waals surface area contributed by atoms with Crippen molar-refractivity contribution < 1.29 is 23.1 Å². The second-order valence-electron chi connectivity index (χ2n) is 6.87. The number of carboxylic acids is 1. The highest BCUT2D eigenvalue weighted by atomic mass is 19.4. The van der Waals surface area contributed by atoms with E-state index >= 15 is 0 Å². The second-order valence-corrected chi connectivity index (χ2v) is 6.87. The maximum Gasteiger partial charge on any atom is 0.389 e. The predicted molar refractivity (Wildman–Crippen MR) is 96.6 cm³/mol. The quantitative estimate of drug-likeness (QED) is 0.231. The Bertz CT molecular complexity index is 351. The van der Waals surface area contributed by atoms with Crippen LogP contribution in [0.15, 0.2) is 12.2 Å². The van der Waals surface area contributed by atoms with E-state index in [9.17, 15) is 18.0 Å². The fraction of sp³-hybridized carbons (Fsp3) is 0.850. The lowest BCUT2D eigenvalue weighted by Crippen LogP contribution is -2.22. The highest BCUT2D eigenvalue weighted by molar-refractivity contribution is 5.69. The summed E-state index contributed by atoms with van der Waals surface area (Å²) in [7, 11) is 0. The van der Waals surface area contributed by atoms with Crippen molar-refractivity contribution in [2.24, 2.45) is 5.92 Å². The molecule has 1 atom stereocenters. The summed E-state index contributed by atoms with van der Waals surface area (Å²) in [4.78, 5) is 10.8. The van der Waals surface area contributed by atoms with E-state index in [1.807, 2.05) is 0 Å². The van der Waals surface area contributed by atoms with Crippen LogP contribution >= 0.6 is 0 Å². The van der Waals surface area contributed by atoms with Gasteiger partial charge in [0, 0.05) is 0 Å². The molecule has 25 heavy (non-hydrogen) atoms. The molecule has 0 radical (unpaired) electrons. The molecule has 148 valence electrons. The van der Waals surface area contributed by atoms with Gasteiger partial charge in [-0.05, 0) is 32.1 Å². The van der Waals surface area contributed by atoms with E-state index in [4.69, 9.17) is 5.11 Å². The number of rotatable bonds is 16. The zero-order valence-corrected chi connectivity index (χ0v) is 15.6. The number of halogens is 3. The van der Waals surface area contributed by atoms with Crippen molar-refractivity contribution in [3.05, 3.63) is 12.2 Å². The first-order chi connectivity index (χ1) is 11.9. The van der Waals surface area contributed by atoms with Gasteiger partial charge in [-0.2, -0.15) is 13.2 Å². The lowest BCUT2D eigenvalue weighted by atomic mass is 9.97. The Hall–Kier alpha value is -1.00. The van der Waals surface area contributed by atoms with E-state index in [0.29, 0.717) is 6.42 Å². The Balaban J connectivity index is 3.50. The van der Waals surface area contributed by atoms with Gasteiger partial charge in [0.25, 0.3) is 0 Å². The summed E-state index contributed by atoms with van der Waals surface area (Å²) in [6.07, 6.45) is 12.2. The molecule has 0 spiro atoms. The van der Waals surface area contributed by atoms with Crippen molar-refractivity contribution in [2.75, 3.05) is 0 Å². The van der Waals surface area contributed by atoms with E-state index in [2.05, 4.69) is 19.1 Å². The van der Waals surface area contributed by atoms with E-state index in [1.165, 1.54) is 38.5 Å².